The lowest BCUT2D eigenvalue weighted by Crippen LogP contribution is -2.25. The van der Waals surface area contributed by atoms with E-state index in [-0.39, 0.29) is 23.7 Å². The maximum Gasteiger partial charge on any atom is 0.230 e. The van der Waals surface area contributed by atoms with Gasteiger partial charge in [-0.05, 0) is 41.2 Å². The number of hydrogen-bond acceptors (Lipinski definition) is 6. The van der Waals surface area contributed by atoms with E-state index in [2.05, 4.69) is 48.4 Å². The Labute approximate surface area is 187 Å². The molecule has 0 bridgehead atoms. The van der Waals surface area contributed by atoms with Crippen molar-refractivity contribution in [2.45, 2.75) is 51.4 Å². The minimum absolute atomic E-state index is 0.0898. The monoisotopic (exact) mass is 439 g/mol. The van der Waals surface area contributed by atoms with E-state index in [0.717, 1.165) is 16.9 Å². The van der Waals surface area contributed by atoms with E-state index < -0.39 is 0 Å². The van der Waals surface area contributed by atoms with Crippen molar-refractivity contribution in [1.29, 1.82) is 0 Å². The molecule has 0 spiro atoms. The van der Waals surface area contributed by atoms with Crippen molar-refractivity contribution in [3.05, 3.63) is 71.0 Å². The van der Waals surface area contributed by atoms with Crippen LogP contribution in [0.25, 0.3) is 0 Å². The molecule has 3 rings (SSSR count). The number of nitrogens with zero attached hydrogens (tertiary/aromatic N) is 3. The van der Waals surface area contributed by atoms with Crippen LogP contribution in [0.4, 0.5) is 0 Å². The van der Waals surface area contributed by atoms with E-state index in [1.165, 1.54) is 22.0 Å². The first kappa shape index (κ1) is 22.7. The fraction of sp³-hybridized carbons (Fsp3) is 0.348. The molecule has 3 N–H and O–H groups in total. The number of thioether (sulfide) groups is 1. The Hall–Kier alpha value is -3.00. The van der Waals surface area contributed by atoms with Gasteiger partial charge in [0.05, 0.1) is 5.75 Å². The average molecular weight is 440 g/mol. The summed E-state index contributed by atoms with van der Waals surface area (Å²) in [5.74, 6) is 7.42. The molecule has 0 saturated carbocycles. The highest BCUT2D eigenvalue weighted by Gasteiger charge is 2.15. The maximum absolute atomic E-state index is 12.2. The quantitative estimate of drug-likeness (QED) is 0.411. The molecule has 0 radical (unpaired) electrons. The molecule has 1 amide bonds. The molecule has 7 nitrogen and oxygen atoms in total. The Morgan fingerprint density at radius 2 is 1.84 bits per heavy atom. The highest BCUT2D eigenvalue weighted by molar-refractivity contribution is 7.99. The summed E-state index contributed by atoms with van der Waals surface area (Å²) >= 11 is 1.24. The zero-order chi connectivity index (χ0) is 22.4. The topological polar surface area (TPSA) is 95.1 Å². The predicted molar refractivity (Wildman–Crippen MR) is 123 cm³/mol. The zero-order valence-corrected chi connectivity index (χ0v) is 19.2. The lowest BCUT2D eigenvalue weighted by molar-refractivity contribution is -0.118. The van der Waals surface area contributed by atoms with Gasteiger partial charge in [-0.25, -0.2) is 4.68 Å². The van der Waals surface area contributed by atoms with Gasteiger partial charge < -0.3 is 15.9 Å². The van der Waals surface area contributed by atoms with Crippen LogP contribution < -0.4 is 15.9 Å². The second kappa shape index (κ2) is 9.87. The molecule has 0 aliphatic heterocycles. The van der Waals surface area contributed by atoms with Crippen molar-refractivity contribution in [3.8, 4) is 5.75 Å². The van der Waals surface area contributed by atoms with E-state index in [1.54, 1.807) is 0 Å². The van der Waals surface area contributed by atoms with Gasteiger partial charge in [-0.15, -0.1) is 10.2 Å². The number of ether oxygens (including phenoxy) is 1. The predicted octanol–water partition coefficient (Wildman–Crippen LogP) is 3.59. The summed E-state index contributed by atoms with van der Waals surface area (Å²) < 4.78 is 7.15. The van der Waals surface area contributed by atoms with Crippen LogP contribution >= 0.6 is 11.8 Å². The van der Waals surface area contributed by atoms with Gasteiger partial charge in [0.1, 0.15) is 12.4 Å². The van der Waals surface area contributed by atoms with Crippen LogP contribution in [0.5, 0.6) is 5.75 Å². The van der Waals surface area contributed by atoms with Crippen molar-refractivity contribution in [2.24, 2.45) is 0 Å². The van der Waals surface area contributed by atoms with Gasteiger partial charge in [-0.3, -0.25) is 4.79 Å². The number of aryl methyl sites for hydroxylation is 1. The Kier molecular flexibility index (Phi) is 7.22. The highest BCUT2D eigenvalue weighted by atomic mass is 32.2. The van der Waals surface area contributed by atoms with E-state index >= 15 is 0 Å². The molecule has 0 aliphatic rings. The first-order chi connectivity index (χ1) is 14.7. The van der Waals surface area contributed by atoms with E-state index in [9.17, 15) is 4.79 Å². The number of nitrogens with two attached hydrogens (primary N) is 1. The number of nitrogen functional groups attached to an aromatic ring is 1. The normalized spacial score (nSPS) is 11.4. The van der Waals surface area contributed by atoms with Gasteiger partial charge in [0.2, 0.25) is 11.1 Å². The molecule has 8 heteroatoms. The molecule has 31 heavy (non-hydrogen) atoms. The number of nitrogens with one attached hydrogen (secondary N) is 1. The fourth-order valence-corrected chi connectivity index (χ4v) is 3.59. The summed E-state index contributed by atoms with van der Waals surface area (Å²) in [5.41, 5.74) is 3.57. The van der Waals surface area contributed by atoms with E-state index in [0.29, 0.717) is 17.5 Å². The first-order valence-corrected chi connectivity index (χ1v) is 11.1. The second-order valence-corrected chi connectivity index (χ2v) is 9.27. The molecule has 0 saturated heterocycles. The smallest absolute Gasteiger partial charge is 0.230 e. The van der Waals surface area contributed by atoms with Gasteiger partial charge in [0.15, 0.2) is 5.82 Å². The lowest BCUT2D eigenvalue weighted by atomic mass is 9.87. The van der Waals surface area contributed by atoms with Crippen molar-refractivity contribution in [2.75, 3.05) is 11.6 Å². The molecule has 0 fully saturated rings. The summed E-state index contributed by atoms with van der Waals surface area (Å²) in [4.78, 5) is 12.2. The molecule has 1 aromatic heterocycles. The number of carbonyl (C=O) groups is 1. The van der Waals surface area contributed by atoms with Crippen molar-refractivity contribution >= 4 is 17.7 Å². The van der Waals surface area contributed by atoms with Gasteiger partial charge in [-0.1, -0.05) is 68.9 Å². The molecule has 3 aromatic rings. The Morgan fingerprint density at radius 3 is 2.52 bits per heavy atom. The molecular formula is C23H29N5O2S. The summed E-state index contributed by atoms with van der Waals surface area (Å²) in [5, 5.41) is 11.5. The van der Waals surface area contributed by atoms with Crippen LogP contribution in [0.15, 0.2) is 53.7 Å². The summed E-state index contributed by atoms with van der Waals surface area (Å²) in [6.07, 6.45) is 0. The maximum atomic E-state index is 12.2. The number of aromatic nitrogens is 3. The standard InChI is InChI=1S/C23H29N5O2S/c1-16-7-5-6-8-17(16)13-25-21(29)15-31-22-27-26-20(28(22)24)14-30-19-11-9-18(10-12-19)23(2,3)4/h5-12H,13-15,24H2,1-4H3,(H,25,29). The molecular weight excluding hydrogens is 410 g/mol. The van der Waals surface area contributed by atoms with Crippen LogP contribution in [0.1, 0.15) is 43.3 Å². The Bertz CT molecular complexity index is 1030. The summed E-state index contributed by atoms with van der Waals surface area (Å²) in [6.45, 7) is 9.22. The van der Waals surface area contributed by atoms with Gasteiger partial charge >= 0.3 is 0 Å². The third-order valence-electron chi connectivity index (χ3n) is 4.89. The van der Waals surface area contributed by atoms with Crippen LogP contribution in [-0.4, -0.2) is 26.5 Å². The minimum atomic E-state index is -0.0898. The number of hydrogen-bond donors (Lipinski definition) is 2. The molecule has 0 atom stereocenters. The van der Waals surface area contributed by atoms with Crippen molar-refractivity contribution < 1.29 is 9.53 Å². The lowest BCUT2D eigenvalue weighted by Gasteiger charge is -2.19. The van der Waals surface area contributed by atoms with Crippen LogP contribution in [0.3, 0.4) is 0 Å². The van der Waals surface area contributed by atoms with Gasteiger partial charge in [0.25, 0.3) is 0 Å². The molecule has 1 heterocycles. The molecule has 0 aliphatic carbocycles. The minimum Gasteiger partial charge on any atom is -0.486 e. The number of carbonyl (C=O) groups excluding carboxylic acids is 1. The zero-order valence-electron chi connectivity index (χ0n) is 18.4. The van der Waals surface area contributed by atoms with Crippen molar-refractivity contribution in [1.82, 2.24) is 20.2 Å². The molecule has 0 unspecified atom stereocenters. The van der Waals surface area contributed by atoms with Crippen LogP contribution in [0.2, 0.25) is 0 Å². The Morgan fingerprint density at radius 1 is 1.13 bits per heavy atom. The van der Waals surface area contributed by atoms with Crippen LogP contribution in [-0.2, 0) is 23.4 Å². The highest BCUT2D eigenvalue weighted by Crippen LogP contribution is 2.24. The largest absolute Gasteiger partial charge is 0.486 e. The average Bonchev–Trinajstić information content (AvgIpc) is 3.09. The number of rotatable bonds is 8. The number of benzene rings is 2. The fourth-order valence-electron chi connectivity index (χ4n) is 2.89. The van der Waals surface area contributed by atoms with Crippen molar-refractivity contribution in [3.63, 3.8) is 0 Å². The van der Waals surface area contributed by atoms with Crippen LogP contribution in [0, 0.1) is 6.92 Å². The molecule has 164 valence electrons. The summed E-state index contributed by atoms with van der Waals surface area (Å²) in [6, 6.07) is 15.9. The summed E-state index contributed by atoms with van der Waals surface area (Å²) in [7, 11) is 0. The second-order valence-electron chi connectivity index (χ2n) is 8.32. The molecule has 2 aromatic carbocycles. The van der Waals surface area contributed by atoms with E-state index in [1.807, 2.05) is 43.3 Å². The van der Waals surface area contributed by atoms with Gasteiger partial charge in [0, 0.05) is 6.54 Å². The van der Waals surface area contributed by atoms with E-state index in [4.69, 9.17) is 10.6 Å². The third-order valence-corrected chi connectivity index (χ3v) is 5.84. The SMILES string of the molecule is Cc1ccccc1CNC(=O)CSc1nnc(COc2ccc(C(C)(C)C)cc2)n1N. The first-order valence-electron chi connectivity index (χ1n) is 10.1. The third kappa shape index (κ3) is 6.24. The Balaban J connectivity index is 1.48. The van der Waals surface area contributed by atoms with Gasteiger partial charge in [-0.2, -0.15) is 0 Å². The number of amides is 1.